The van der Waals surface area contributed by atoms with Gasteiger partial charge in [0, 0.05) is 5.56 Å². The lowest BCUT2D eigenvalue weighted by Gasteiger charge is -2.18. The Hall–Kier alpha value is -3.98. The van der Waals surface area contributed by atoms with Gasteiger partial charge in [0.25, 0.3) is 0 Å². The van der Waals surface area contributed by atoms with Gasteiger partial charge in [0.2, 0.25) is 0 Å². The molecule has 2 unspecified atom stereocenters. The summed E-state index contributed by atoms with van der Waals surface area (Å²) < 4.78 is 17.5. The van der Waals surface area contributed by atoms with Crippen LogP contribution in [0.5, 0.6) is 17.2 Å². The van der Waals surface area contributed by atoms with Gasteiger partial charge in [-0.1, -0.05) is 134 Å². The van der Waals surface area contributed by atoms with E-state index in [4.69, 9.17) is 14.2 Å². The molecule has 0 saturated carbocycles. The van der Waals surface area contributed by atoms with Crippen molar-refractivity contribution in [1.82, 2.24) is 0 Å². The molecule has 0 amide bonds. The molecule has 0 aliphatic rings. The van der Waals surface area contributed by atoms with Crippen molar-refractivity contribution in [2.24, 2.45) is 17.8 Å². The van der Waals surface area contributed by atoms with Crippen LogP contribution in [-0.2, 0) is 0 Å². The van der Waals surface area contributed by atoms with Crippen LogP contribution in [0.15, 0.2) is 78.9 Å². The highest BCUT2D eigenvalue weighted by Gasteiger charge is 2.12. The van der Waals surface area contributed by atoms with Crippen LogP contribution in [-0.4, -0.2) is 20.3 Å². The Kier molecular flexibility index (Phi) is 18.6. The zero-order valence-corrected chi connectivity index (χ0v) is 34.2. The van der Waals surface area contributed by atoms with Gasteiger partial charge >= 0.3 is 0 Å². The van der Waals surface area contributed by atoms with E-state index in [0.29, 0.717) is 5.92 Å². The summed E-state index contributed by atoms with van der Waals surface area (Å²) in [5.41, 5.74) is 7.26. The number of fused-ring (bicyclic) bond motifs is 1. The zero-order chi connectivity index (χ0) is 37.9. The number of hydrogen-bond acceptors (Lipinski definition) is 3. The fourth-order valence-corrected chi connectivity index (χ4v) is 6.60. The van der Waals surface area contributed by atoms with Crippen molar-refractivity contribution in [3.05, 3.63) is 101 Å². The number of ether oxygens (including phenoxy) is 3. The Morgan fingerprint density at radius 2 is 1.35 bits per heavy atom. The van der Waals surface area contributed by atoms with Gasteiger partial charge in [0.05, 0.1) is 20.3 Å². The Morgan fingerprint density at radius 1 is 0.635 bits per heavy atom. The molecule has 2 atom stereocenters. The van der Waals surface area contributed by atoms with Gasteiger partial charge < -0.3 is 14.2 Å². The van der Waals surface area contributed by atoms with Gasteiger partial charge in [-0.2, -0.15) is 0 Å². The second kappa shape index (κ2) is 22.8. The van der Waals surface area contributed by atoms with Crippen molar-refractivity contribution in [3.63, 3.8) is 0 Å². The predicted molar refractivity (Wildman–Crippen MR) is 228 cm³/mol. The Morgan fingerprint density at radius 3 is 2.00 bits per heavy atom. The van der Waals surface area contributed by atoms with Crippen molar-refractivity contribution >= 4 is 22.9 Å². The van der Waals surface area contributed by atoms with E-state index in [-0.39, 0.29) is 0 Å². The summed E-state index contributed by atoms with van der Waals surface area (Å²) in [6.45, 7) is 21.4. The third kappa shape index (κ3) is 13.5. The highest BCUT2D eigenvalue weighted by atomic mass is 16.5. The molecule has 0 aromatic heterocycles. The molecular weight excluding hydrogens is 637 g/mol. The van der Waals surface area contributed by atoms with E-state index in [9.17, 15) is 0 Å². The van der Waals surface area contributed by atoms with Crippen molar-refractivity contribution in [3.8, 4) is 28.4 Å². The standard InChI is InChI=1S/C30H38O.C19H30O2/c1-6-8-26-12-11-24(5)29-18-15-27(21-30(26)29)25-13-16-28(17-14-25)31-20-19-23(4)10-7-9-22(2)3;1-6-9-11-16(8-3)14-21-19-12-15(4)18(20-5)13-17(19)10-7-2/h6,8,11-18,21-23H,7,9-10,19-20H2,1-5H3;7,10,12-13,16H,6,8-9,11,14H2,1-5H3/b8-6+;10-7+. The van der Waals surface area contributed by atoms with E-state index in [1.165, 1.54) is 78.0 Å². The minimum atomic E-state index is 0.644. The average Bonchev–Trinajstić information content (AvgIpc) is 3.14. The molecule has 52 heavy (non-hydrogen) atoms. The Bertz CT molecular complexity index is 1680. The molecule has 0 aliphatic carbocycles. The first-order valence-electron chi connectivity index (χ1n) is 20.0. The Labute approximate surface area is 317 Å². The summed E-state index contributed by atoms with van der Waals surface area (Å²) in [5.74, 6) is 5.01. The minimum absolute atomic E-state index is 0.644. The second-order valence-electron chi connectivity index (χ2n) is 14.9. The first-order chi connectivity index (χ1) is 25.1. The number of benzene rings is 4. The molecular formula is C49H68O3. The topological polar surface area (TPSA) is 27.7 Å². The van der Waals surface area contributed by atoms with Crippen LogP contribution in [0.25, 0.3) is 34.1 Å². The number of allylic oxidation sites excluding steroid dienone is 2. The summed E-state index contributed by atoms with van der Waals surface area (Å²) in [4.78, 5) is 0. The van der Waals surface area contributed by atoms with E-state index in [0.717, 1.165) is 59.8 Å². The maximum atomic E-state index is 6.11. The maximum Gasteiger partial charge on any atom is 0.127 e. The van der Waals surface area contributed by atoms with Crippen LogP contribution in [0.2, 0.25) is 0 Å². The number of unbranched alkanes of at least 4 members (excludes halogenated alkanes) is 1. The van der Waals surface area contributed by atoms with Crippen LogP contribution in [0.3, 0.4) is 0 Å². The maximum absolute atomic E-state index is 6.11. The second-order valence-corrected chi connectivity index (χ2v) is 14.9. The molecule has 4 aromatic carbocycles. The quantitative estimate of drug-likeness (QED) is 0.0972. The first-order valence-corrected chi connectivity index (χ1v) is 20.0. The Balaban J connectivity index is 0.000000304. The molecule has 282 valence electrons. The summed E-state index contributed by atoms with van der Waals surface area (Å²) in [6, 6.07) is 23.9. The van der Waals surface area contributed by atoms with Crippen LogP contribution in [0.4, 0.5) is 0 Å². The van der Waals surface area contributed by atoms with Crippen molar-refractivity contribution < 1.29 is 14.2 Å². The fourth-order valence-electron chi connectivity index (χ4n) is 6.60. The van der Waals surface area contributed by atoms with Crippen molar-refractivity contribution in [1.29, 1.82) is 0 Å². The molecule has 3 heteroatoms. The lowest BCUT2D eigenvalue weighted by atomic mass is 9.95. The molecule has 0 aliphatic heterocycles. The number of rotatable bonds is 19. The molecule has 4 rings (SSSR count). The van der Waals surface area contributed by atoms with Gasteiger partial charge in [0.1, 0.15) is 17.2 Å². The SMILES string of the molecule is C/C=C/c1cc(OC)c(C)cc1OCC(CC)CCCC.C/C=C/c1ccc(C)c2ccc(-c3ccc(OCCC(C)CCCC(C)C)cc3)cc12. The predicted octanol–water partition coefficient (Wildman–Crippen LogP) is 14.7. The fraction of sp³-hybridized carbons (Fsp3) is 0.469. The molecule has 0 bridgehead atoms. The van der Waals surface area contributed by atoms with E-state index < -0.39 is 0 Å². The summed E-state index contributed by atoms with van der Waals surface area (Å²) in [7, 11) is 1.71. The van der Waals surface area contributed by atoms with Gasteiger partial charge in [-0.15, -0.1) is 0 Å². The van der Waals surface area contributed by atoms with E-state index >= 15 is 0 Å². The lowest BCUT2D eigenvalue weighted by Crippen LogP contribution is -2.12. The van der Waals surface area contributed by atoms with Gasteiger partial charge in [-0.25, -0.2) is 0 Å². The molecule has 0 saturated heterocycles. The summed E-state index contributed by atoms with van der Waals surface area (Å²) in [6.07, 6.45) is 18.4. The van der Waals surface area contributed by atoms with Crippen molar-refractivity contribution in [2.75, 3.05) is 20.3 Å². The summed E-state index contributed by atoms with van der Waals surface area (Å²) >= 11 is 0. The number of aryl methyl sites for hydroxylation is 2. The van der Waals surface area contributed by atoms with Crippen LogP contribution < -0.4 is 14.2 Å². The summed E-state index contributed by atoms with van der Waals surface area (Å²) in [5, 5.41) is 2.63. The largest absolute Gasteiger partial charge is 0.496 e. The zero-order valence-electron chi connectivity index (χ0n) is 34.2. The molecule has 3 nitrogen and oxygen atoms in total. The first kappa shape index (κ1) is 42.4. The van der Waals surface area contributed by atoms with Crippen LogP contribution >= 0.6 is 0 Å². The molecule has 0 spiro atoms. The molecule has 0 heterocycles. The van der Waals surface area contributed by atoms with Crippen molar-refractivity contribution in [2.45, 2.75) is 114 Å². The average molecular weight is 705 g/mol. The number of hydrogen-bond donors (Lipinski definition) is 0. The van der Waals surface area contributed by atoms with Gasteiger partial charge in [0.15, 0.2) is 0 Å². The third-order valence-corrected chi connectivity index (χ3v) is 10.1. The minimum Gasteiger partial charge on any atom is -0.496 e. The number of methoxy groups -OCH3 is 1. The molecule has 0 fully saturated rings. The highest BCUT2D eigenvalue weighted by molar-refractivity contribution is 5.95. The van der Waals surface area contributed by atoms with Gasteiger partial charge in [-0.3, -0.25) is 0 Å². The van der Waals surface area contributed by atoms with Crippen LogP contribution in [0.1, 0.15) is 122 Å². The highest BCUT2D eigenvalue weighted by Crippen LogP contribution is 2.32. The monoisotopic (exact) mass is 705 g/mol. The lowest BCUT2D eigenvalue weighted by molar-refractivity contribution is 0.232. The van der Waals surface area contributed by atoms with E-state index in [1.54, 1.807) is 7.11 Å². The van der Waals surface area contributed by atoms with E-state index in [1.807, 2.05) is 13.0 Å². The molecule has 0 N–H and O–H groups in total. The smallest absolute Gasteiger partial charge is 0.127 e. The molecule has 0 radical (unpaired) electrons. The third-order valence-electron chi connectivity index (χ3n) is 10.1. The van der Waals surface area contributed by atoms with E-state index in [2.05, 4.69) is 140 Å². The molecule has 4 aromatic rings. The normalized spacial score (nSPS) is 12.7. The van der Waals surface area contributed by atoms with Crippen LogP contribution in [0, 0.1) is 31.6 Å². The van der Waals surface area contributed by atoms with Gasteiger partial charge in [-0.05, 0) is 127 Å².